The quantitative estimate of drug-likeness (QED) is 0.549. The van der Waals surface area contributed by atoms with E-state index in [1.54, 1.807) is 0 Å². The van der Waals surface area contributed by atoms with Gasteiger partial charge in [-0.15, -0.1) is 0 Å². The normalized spacial score (nSPS) is 23.6. The Labute approximate surface area is 217 Å². The molecule has 1 aromatic rings. The summed E-state index contributed by atoms with van der Waals surface area (Å²) in [6.45, 7) is 9.19. The minimum atomic E-state index is -4.53. The number of likely N-dealkylation sites (tertiary alicyclic amines) is 1. The monoisotopic (exact) mass is 523 g/mol. The molecular formula is C27H40F3N5O2. The molecule has 2 amide bonds. The molecule has 0 radical (unpaired) electrons. The highest BCUT2D eigenvalue weighted by molar-refractivity contribution is 5.96. The number of hydrogen-bond acceptors (Lipinski definition) is 5. The minimum absolute atomic E-state index is 0.00329. The van der Waals surface area contributed by atoms with Crippen molar-refractivity contribution in [3.63, 3.8) is 0 Å². The van der Waals surface area contributed by atoms with Crippen molar-refractivity contribution in [3.8, 4) is 0 Å². The smallest absolute Gasteiger partial charge is 0.350 e. The fraction of sp³-hybridized carbons (Fsp3) is 0.704. The number of nitrogens with one attached hydrogen (secondary N) is 2. The van der Waals surface area contributed by atoms with Gasteiger partial charge in [0.1, 0.15) is 0 Å². The molecule has 0 bridgehead atoms. The second-order valence-electron chi connectivity index (χ2n) is 10.8. The van der Waals surface area contributed by atoms with Crippen LogP contribution in [0.3, 0.4) is 0 Å². The molecule has 3 aliphatic rings. The van der Waals surface area contributed by atoms with Crippen LogP contribution in [-0.4, -0.2) is 97.0 Å². The maximum Gasteiger partial charge on any atom is 0.416 e. The number of carbonyl (C=O) groups is 2. The second kappa shape index (κ2) is 12.6. The number of benzene rings is 1. The Morgan fingerprint density at radius 2 is 1.76 bits per heavy atom. The number of halogens is 3. The van der Waals surface area contributed by atoms with Crippen molar-refractivity contribution in [2.24, 2.45) is 0 Å². The van der Waals surface area contributed by atoms with Gasteiger partial charge < -0.3 is 10.6 Å². The summed E-state index contributed by atoms with van der Waals surface area (Å²) in [5, 5.41) is 5.38. The van der Waals surface area contributed by atoms with Gasteiger partial charge in [0.05, 0.1) is 12.1 Å². The van der Waals surface area contributed by atoms with Gasteiger partial charge in [-0.1, -0.05) is 25.3 Å². The maximum absolute atomic E-state index is 12.9. The van der Waals surface area contributed by atoms with Crippen molar-refractivity contribution in [1.82, 2.24) is 25.3 Å². The summed E-state index contributed by atoms with van der Waals surface area (Å²) in [6.07, 6.45) is 3.15. The van der Waals surface area contributed by atoms with E-state index in [-0.39, 0.29) is 24.1 Å². The Balaban J connectivity index is 1.14. The summed E-state index contributed by atoms with van der Waals surface area (Å²) in [4.78, 5) is 32.3. The van der Waals surface area contributed by atoms with E-state index in [0.29, 0.717) is 6.04 Å². The Bertz CT molecular complexity index is 914. The van der Waals surface area contributed by atoms with Crippen molar-refractivity contribution in [1.29, 1.82) is 0 Å². The maximum atomic E-state index is 12.9. The highest BCUT2D eigenvalue weighted by Crippen LogP contribution is 2.29. The number of amides is 2. The van der Waals surface area contributed by atoms with Crippen molar-refractivity contribution in [2.75, 3.05) is 52.4 Å². The number of hydrogen-bond donors (Lipinski definition) is 2. The molecule has 0 spiro atoms. The van der Waals surface area contributed by atoms with Crippen LogP contribution in [0, 0.1) is 0 Å². The molecule has 206 valence electrons. The molecular weight excluding hydrogens is 483 g/mol. The first-order chi connectivity index (χ1) is 17.7. The van der Waals surface area contributed by atoms with Gasteiger partial charge in [-0.25, -0.2) is 0 Å². The average molecular weight is 524 g/mol. The lowest BCUT2D eigenvalue weighted by Crippen LogP contribution is -2.53. The Morgan fingerprint density at radius 3 is 2.46 bits per heavy atom. The number of alkyl halides is 3. The third kappa shape index (κ3) is 7.91. The molecule has 2 saturated heterocycles. The fourth-order valence-electron chi connectivity index (χ4n) is 5.93. The highest BCUT2D eigenvalue weighted by Gasteiger charge is 2.32. The van der Waals surface area contributed by atoms with Crippen LogP contribution >= 0.6 is 0 Å². The van der Waals surface area contributed by atoms with Crippen LogP contribution in [0.4, 0.5) is 13.2 Å². The average Bonchev–Trinajstić information content (AvgIpc) is 3.36. The first kappa shape index (κ1) is 27.9. The SMILES string of the molecule is CC(CN1CCN(C2CCCCC2)CC1)N1CC[C@@H](NC(=O)CNC(=O)c2cccc(C(F)(F)F)c2)C1. The van der Waals surface area contributed by atoms with Gasteiger partial charge in [-0.05, 0) is 44.4 Å². The van der Waals surface area contributed by atoms with Crippen molar-refractivity contribution >= 4 is 11.8 Å². The van der Waals surface area contributed by atoms with E-state index in [0.717, 1.165) is 70.4 Å². The molecule has 7 nitrogen and oxygen atoms in total. The van der Waals surface area contributed by atoms with Crippen LogP contribution in [0.25, 0.3) is 0 Å². The molecule has 3 fully saturated rings. The molecule has 2 aliphatic heterocycles. The van der Waals surface area contributed by atoms with Crippen LogP contribution in [0.15, 0.2) is 24.3 Å². The van der Waals surface area contributed by atoms with Gasteiger partial charge in [0.15, 0.2) is 0 Å². The highest BCUT2D eigenvalue weighted by atomic mass is 19.4. The molecule has 1 aromatic carbocycles. The van der Waals surface area contributed by atoms with E-state index in [1.807, 2.05) is 0 Å². The Hall–Kier alpha value is -2.17. The summed E-state index contributed by atoms with van der Waals surface area (Å²) < 4.78 is 38.6. The summed E-state index contributed by atoms with van der Waals surface area (Å²) in [5.74, 6) is -1.04. The zero-order valence-electron chi connectivity index (χ0n) is 21.7. The van der Waals surface area contributed by atoms with E-state index >= 15 is 0 Å². The molecule has 0 aromatic heterocycles. The van der Waals surface area contributed by atoms with Gasteiger partial charge >= 0.3 is 6.18 Å². The molecule has 1 aliphatic carbocycles. The molecule has 1 unspecified atom stereocenters. The van der Waals surface area contributed by atoms with Crippen LogP contribution in [0.2, 0.25) is 0 Å². The minimum Gasteiger partial charge on any atom is -0.350 e. The largest absolute Gasteiger partial charge is 0.416 e. The van der Waals surface area contributed by atoms with E-state index in [9.17, 15) is 22.8 Å². The summed E-state index contributed by atoms with van der Waals surface area (Å²) >= 11 is 0. The predicted octanol–water partition coefficient (Wildman–Crippen LogP) is 2.96. The molecule has 2 N–H and O–H groups in total. The van der Waals surface area contributed by atoms with E-state index < -0.39 is 17.6 Å². The molecule has 1 saturated carbocycles. The number of carbonyl (C=O) groups excluding carboxylic acids is 2. The van der Waals surface area contributed by atoms with Crippen LogP contribution in [0.5, 0.6) is 0 Å². The zero-order chi connectivity index (χ0) is 26.4. The predicted molar refractivity (Wildman–Crippen MR) is 136 cm³/mol. The van der Waals surface area contributed by atoms with Crippen LogP contribution in [0.1, 0.15) is 61.4 Å². The lowest BCUT2D eigenvalue weighted by atomic mass is 9.94. The Morgan fingerprint density at radius 1 is 1.03 bits per heavy atom. The topological polar surface area (TPSA) is 67.9 Å². The van der Waals surface area contributed by atoms with E-state index in [1.165, 1.54) is 44.2 Å². The summed E-state index contributed by atoms with van der Waals surface area (Å²) in [7, 11) is 0. The van der Waals surface area contributed by atoms with Gasteiger partial charge in [0.2, 0.25) is 5.91 Å². The first-order valence-electron chi connectivity index (χ1n) is 13.6. The molecule has 10 heteroatoms. The first-order valence-corrected chi connectivity index (χ1v) is 13.6. The summed E-state index contributed by atoms with van der Waals surface area (Å²) in [5.41, 5.74) is -1.01. The molecule has 2 heterocycles. The lowest BCUT2D eigenvalue weighted by Gasteiger charge is -2.42. The standard InChI is InChI=1S/C27H40F3N5O2/c1-20(18-33-12-14-34(15-13-33)24-8-3-2-4-9-24)35-11-10-23(19-35)32-25(36)17-31-26(37)21-6-5-7-22(16-21)27(28,29)30/h5-7,16,20,23-24H,2-4,8-15,17-19H2,1H3,(H,31,37)(H,32,36)/t20?,23-/m1/s1. The van der Waals surface area contributed by atoms with Gasteiger partial charge in [-0.2, -0.15) is 13.2 Å². The fourth-order valence-corrected chi connectivity index (χ4v) is 5.93. The van der Waals surface area contributed by atoms with E-state index in [2.05, 4.69) is 32.3 Å². The van der Waals surface area contributed by atoms with E-state index in [4.69, 9.17) is 0 Å². The number of nitrogens with zero attached hydrogens (tertiary/aromatic N) is 3. The number of piperazine rings is 1. The molecule has 37 heavy (non-hydrogen) atoms. The summed E-state index contributed by atoms with van der Waals surface area (Å²) in [6, 6.07) is 5.36. The van der Waals surface area contributed by atoms with Gasteiger partial charge in [0.25, 0.3) is 5.91 Å². The second-order valence-corrected chi connectivity index (χ2v) is 10.8. The zero-order valence-corrected chi connectivity index (χ0v) is 21.7. The van der Waals surface area contributed by atoms with Gasteiger partial charge in [-0.3, -0.25) is 24.3 Å². The van der Waals surface area contributed by atoms with Crippen molar-refractivity contribution < 1.29 is 22.8 Å². The third-order valence-corrected chi connectivity index (χ3v) is 8.09. The van der Waals surface area contributed by atoms with Crippen molar-refractivity contribution in [2.45, 2.75) is 69.8 Å². The molecule has 4 rings (SSSR count). The number of rotatable bonds is 8. The van der Waals surface area contributed by atoms with Gasteiger partial charge in [0, 0.05) is 69.5 Å². The lowest BCUT2D eigenvalue weighted by molar-refractivity contribution is -0.137. The van der Waals surface area contributed by atoms with Crippen LogP contribution < -0.4 is 10.6 Å². The molecule has 2 atom stereocenters. The van der Waals surface area contributed by atoms with Crippen molar-refractivity contribution in [3.05, 3.63) is 35.4 Å². The van der Waals surface area contributed by atoms with Crippen LogP contribution in [-0.2, 0) is 11.0 Å². The third-order valence-electron chi connectivity index (χ3n) is 8.09. The Kier molecular flexibility index (Phi) is 9.47.